The van der Waals surface area contributed by atoms with Crippen LogP contribution in [0.5, 0.6) is 5.75 Å². The fourth-order valence-electron chi connectivity index (χ4n) is 3.25. The summed E-state index contributed by atoms with van der Waals surface area (Å²) in [5.41, 5.74) is 3.24. The predicted molar refractivity (Wildman–Crippen MR) is 105 cm³/mol. The zero-order valence-electron chi connectivity index (χ0n) is 15.7. The summed E-state index contributed by atoms with van der Waals surface area (Å²) in [6, 6.07) is 15.0. The van der Waals surface area contributed by atoms with E-state index in [1.807, 2.05) is 62.4 Å². The third-order valence-electron chi connectivity index (χ3n) is 5.01. The summed E-state index contributed by atoms with van der Waals surface area (Å²) in [5, 5.41) is 0. The van der Waals surface area contributed by atoms with Gasteiger partial charge in [-0.25, -0.2) is 8.42 Å². The van der Waals surface area contributed by atoms with Gasteiger partial charge in [-0.2, -0.15) is 0 Å². The smallest absolute Gasteiger partial charge is 0.261 e. The normalized spacial score (nSPS) is 18.2. The van der Waals surface area contributed by atoms with Crippen LogP contribution in [-0.4, -0.2) is 43.4 Å². The Bertz CT molecular complexity index is 909. The van der Waals surface area contributed by atoms with Crippen molar-refractivity contribution in [1.82, 2.24) is 4.90 Å². The maximum absolute atomic E-state index is 12.9. The molecule has 1 aliphatic heterocycles. The average Bonchev–Trinajstić information content (AvgIpc) is 3.01. The van der Waals surface area contributed by atoms with Crippen molar-refractivity contribution >= 4 is 15.7 Å². The van der Waals surface area contributed by atoms with Crippen LogP contribution in [0.4, 0.5) is 0 Å². The molecule has 27 heavy (non-hydrogen) atoms. The van der Waals surface area contributed by atoms with E-state index in [1.54, 1.807) is 4.90 Å². The Morgan fingerprint density at radius 2 is 1.85 bits per heavy atom. The van der Waals surface area contributed by atoms with Crippen molar-refractivity contribution in [2.75, 3.05) is 18.1 Å². The van der Waals surface area contributed by atoms with Gasteiger partial charge in [0.15, 0.2) is 16.4 Å². The van der Waals surface area contributed by atoms with Gasteiger partial charge in [-0.3, -0.25) is 4.79 Å². The SMILES string of the molecule is Cc1ccc(OCC(=O)N(Cc2ccccc2)[C@@H]2CCS(=O)(=O)C2)cc1C. The summed E-state index contributed by atoms with van der Waals surface area (Å²) in [7, 11) is -3.08. The second-order valence-corrected chi connectivity index (χ2v) is 9.33. The number of sulfone groups is 1. The predicted octanol–water partition coefficient (Wildman–Crippen LogP) is 2.90. The van der Waals surface area contributed by atoms with E-state index in [0.717, 1.165) is 16.7 Å². The van der Waals surface area contributed by atoms with Crippen molar-refractivity contribution in [3.05, 3.63) is 65.2 Å². The zero-order valence-corrected chi connectivity index (χ0v) is 16.5. The maximum atomic E-state index is 12.9. The van der Waals surface area contributed by atoms with Gasteiger partial charge in [0.25, 0.3) is 5.91 Å². The third kappa shape index (κ3) is 5.10. The number of amides is 1. The van der Waals surface area contributed by atoms with Gasteiger partial charge in [0.1, 0.15) is 5.75 Å². The van der Waals surface area contributed by atoms with E-state index in [4.69, 9.17) is 4.74 Å². The molecule has 2 aromatic rings. The molecule has 5 nitrogen and oxygen atoms in total. The number of ether oxygens (including phenoxy) is 1. The van der Waals surface area contributed by atoms with Crippen LogP contribution in [0.25, 0.3) is 0 Å². The third-order valence-corrected chi connectivity index (χ3v) is 6.76. The molecule has 0 aromatic heterocycles. The first-order valence-corrected chi connectivity index (χ1v) is 10.9. The molecule has 2 aromatic carbocycles. The minimum atomic E-state index is -3.08. The molecule has 1 fully saturated rings. The molecule has 0 N–H and O–H groups in total. The van der Waals surface area contributed by atoms with Crippen LogP contribution in [0, 0.1) is 13.8 Å². The molecule has 0 bridgehead atoms. The molecular formula is C21H25NO4S. The molecule has 1 heterocycles. The van der Waals surface area contributed by atoms with Gasteiger partial charge in [-0.1, -0.05) is 36.4 Å². The molecular weight excluding hydrogens is 362 g/mol. The summed E-state index contributed by atoms with van der Waals surface area (Å²) >= 11 is 0. The number of benzene rings is 2. The van der Waals surface area contributed by atoms with Crippen LogP contribution in [0.1, 0.15) is 23.1 Å². The largest absolute Gasteiger partial charge is 0.484 e. The topological polar surface area (TPSA) is 63.7 Å². The fraction of sp³-hybridized carbons (Fsp3) is 0.381. The van der Waals surface area contributed by atoms with Gasteiger partial charge in [0.05, 0.1) is 11.5 Å². The Morgan fingerprint density at radius 1 is 1.11 bits per heavy atom. The molecule has 3 rings (SSSR count). The number of hydrogen-bond donors (Lipinski definition) is 0. The lowest BCUT2D eigenvalue weighted by molar-refractivity contribution is -0.136. The summed E-state index contributed by atoms with van der Waals surface area (Å²) in [6.07, 6.45) is 0.477. The van der Waals surface area contributed by atoms with Crippen LogP contribution >= 0.6 is 0 Å². The van der Waals surface area contributed by atoms with Crippen LogP contribution in [0.3, 0.4) is 0 Å². The molecule has 6 heteroatoms. The Morgan fingerprint density at radius 3 is 2.48 bits per heavy atom. The highest BCUT2D eigenvalue weighted by atomic mass is 32.2. The van der Waals surface area contributed by atoms with E-state index in [0.29, 0.717) is 18.7 Å². The first-order valence-electron chi connectivity index (χ1n) is 9.08. The molecule has 0 unspecified atom stereocenters. The molecule has 1 atom stereocenters. The van der Waals surface area contributed by atoms with Crippen molar-refractivity contribution in [2.24, 2.45) is 0 Å². The molecule has 1 aliphatic rings. The Balaban J connectivity index is 1.72. The van der Waals surface area contributed by atoms with Gasteiger partial charge < -0.3 is 9.64 Å². The van der Waals surface area contributed by atoms with Crippen LogP contribution in [0.15, 0.2) is 48.5 Å². The molecule has 0 aliphatic carbocycles. The molecule has 1 amide bonds. The van der Waals surface area contributed by atoms with Crippen molar-refractivity contribution in [1.29, 1.82) is 0 Å². The molecule has 0 radical (unpaired) electrons. The highest BCUT2D eigenvalue weighted by molar-refractivity contribution is 7.91. The highest BCUT2D eigenvalue weighted by Crippen LogP contribution is 2.21. The van der Waals surface area contributed by atoms with Crippen molar-refractivity contribution in [2.45, 2.75) is 32.9 Å². The van der Waals surface area contributed by atoms with Crippen molar-refractivity contribution < 1.29 is 17.9 Å². The van der Waals surface area contributed by atoms with E-state index < -0.39 is 9.84 Å². The van der Waals surface area contributed by atoms with E-state index in [1.165, 1.54) is 0 Å². The number of nitrogens with zero attached hydrogens (tertiary/aromatic N) is 1. The fourth-order valence-corrected chi connectivity index (χ4v) is 4.98. The standard InChI is InChI=1S/C21H25NO4S/c1-16-8-9-20(12-17(16)2)26-14-21(23)22(13-18-6-4-3-5-7-18)19-10-11-27(24,25)15-19/h3-9,12,19H,10-11,13-15H2,1-2H3/t19-/m1/s1. The van der Waals surface area contributed by atoms with Crippen LogP contribution < -0.4 is 4.74 Å². The summed E-state index contributed by atoms with van der Waals surface area (Å²) in [4.78, 5) is 14.5. The monoisotopic (exact) mass is 387 g/mol. The van der Waals surface area contributed by atoms with Crippen molar-refractivity contribution in [3.63, 3.8) is 0 Å². The number of hydrogen-bond acceptors (Lipinski definition) is 4. The summed E-state index contributed by atoms with van der Waals surface area (Å²) in [6.45, 7) is 4.30. The molecule has 0 saturated carbocycles. The zero-order chi connectivity index (χ0) is 19.4. The van der Waals surface area contributed by atoms with Gasteiger partial charge in [0, 0.05) is 12.6 Å². The second kappa shape index (κ2) is 8.13. The number of aryl methyl sites for hydroxylation is 2. The summed E-state index contributed by atoms with van der Waals surface area (Å²) < 4.78 is 29.5. The lowest BCUT2D eigenvalue weighted by Crippen LogP contribution is -2.43. The number of rotatable bonds is 6. The molecule has 0 spiro atoms. The molecule has 144 valence electrons. The van der Waals surface area contributed by atoms with Gasteiger partial charge in [0.2, 0.25) is 0 Å². The van der Waals surface area contributed by atoms with Gasteiger partial charge >= 0.3 is 0 Å². The van der Waals surface area contributed by atoms with E-state index in [9.17, 15) is 13.2 Å². The van der Waals surface area contributed by atoms with Gasteiger partial charge in [-0.15, -0.1) is 0 Å². The Labute approximate surface area is 160 Å². The Hall–Kier alpha value is -2.34. The number of carbonyl (C=O) groups is 1. The highest BCUT2D eigenvalue weighted by Gasteiger charge is 2.34. The van der Waals surface area contributed by atoms with E-state index in [2.05, 4.69) is 0 Å². The Kier molecular flexibility index (Phi) is 5.85. The summed E-state index contributed by atoms with van der Waals surface area (Å²) in [5.74, 6) is 0.605. The maximum Gasteiger partial charge on any atom is 0.261 e. The van der Waals surface area contributed by atoms with Crippen LogP contribution in [-0.2, 0) is 21.2 Å². The van der Waals surface area contributed by atoms with Crippen LogP contribution in [0.2, 0.25) is 0 Å². The quantitative estimate of drug-likeness (QED) is 0.765. The average molecular weight is 388 g/mol. The first-order chi connectivity index (χ1) is 12.8. The second-order valence-electron chi connectivity index (χ2n) is 7.10. The lowest BCUT2D eigenvalue weighted by Gasteiger charge is -2.28. The first kappa shape index (κ1) is 19.4. The minimum Gasteiger partial charge on any atom is -0.484 e. The number of carbonyl (C=O) groups excluding carboxylic acids is 1. The van der Waals surface area contributed by atoms with Gasteiger partial charge in [-0.05, 0) is 49.1 Å². The van der Waals surface area contributed by atoms with Crippen molar-refractivity contribution in [3.8, 4) is 5.75 Å². The molecule has 1 saturated heterocycles. The van der Waals surface area contributed by atoms with E-state index >= 15 is 0 Å². The van der Waals surface area contributed by atoms with E-state index in [-0.39, 0.29) is 30.1 Å². The minimum absolute atomic E-state index is 0.0230. The lowest BCUT2D eigenvalue weighted by atomic mass is 10.1.